The molecule has 0 aliphatic carbocycles. The molecule has 52 heavy (non-hydrogen) atoms. The molecule has 0 spiro atoms. The van der Waals surface area contributed by atoms with Crippen LogP contribution in [0.4, 0.5) is 0 Å². The van der Waals surface area contributed by atoms with Crippen LogP contribution in [0.15, 0.2) is 12.2 Å². The highest BCUT2D eigenvalue weighted by Gasteiger charge is 2.16. The number of allylic oxidation sites excluding steroid dienone is 2. The van der Waals surface area contributed by atoms with Crippen LogP contribution in [0.2, 0.25) is 0 Å². The van der Waals surface area contributed by atoms with Gasteiger partial charge in [-0.3, -0.25) is 9.59 Å². The number of carbonyl (C=O) groups excluding carboxylic acids is 2. The summed E-state index contributed by atoms with van der Waals surface area (Å²) in [6, 6.07) is 0. The third-order valence-electron chi connectivity index (χ3n) is 10.6. The lowest BCUT2D eigenvalue weighted by Gasteiger charge is -2.15. The predicted octanol–water partition coefficient (Wildman–Crippen LogP) is 14.9. The van der Waals surface area contributed by atoms with Crippen molar-refractivity contribution >= 4 is 11.9 Å². The number of aliphatic hydroxyl groups excluding tert-OH is 1. The average molecular weight is 735 g/mol. The number of hydrogen-bond donors (Lipinski definition) is 1. The Morgan fingerprint density at radius 3 is 1.04 bits per heavy atom. The molecule has 0 amide bonds. The molecule has 1 unspecified atom stereocenters. The Hall–Kier alpha value is -1.36. The van der Waals surface area contributed by atoms with Gasteiger partial charge >= 0.3 is 11.9 Å². The molecular weight excluding hydrogens is 645 g/mol. The summed E-state index contributed by atoms with van der Waals surface area (Å²) in [5.41, 5.74) is 0. The monoisotopic (exact) mass is 735 g/mol. The van der Waals surface area contributed by atoms with Crippen molar-refractivity contribution in [3.05, 3.63) is 12.2 Å². The Morgan fingerprint density at radius 1 is 0.423 bits per heavy atom. The molecule has 0 rings (SSSR count). The van der Waals surface area contributed by atoms with Gasteiger partial charge in [0.2, 0.25) is 0 Å². The summed E-state index contributed by atoms with van der Waals surface area (Å²) in [6.07, 6.45) is 51.5. The summed E-state index contributed by atoms with van der Waals surface area (Å²) in [4.78, 5) is 24.4. The summed E-state index contributed by atoms with van der Waals surface area (Å²) < 4.78 is 10.7. The van der Waals surface area contributed by atoms with Crippen LogP contribution in [0, 0.1) is 0 Å². The van der Waals surface area contributed by atoms with Crippen molar-refractivity contribution in [3.8, 4) is 0 Å². The number of esters is 2. The Morgan fingerprint density at radius 2 is 0.712 bits per heavy atom. The van der Waals surface area contributed by atoms with E-state index in [0.29, 0.717) is 12.8 Å². The molecule has 5 nitrogen and oxygen atoms in total. The van der Waals surface area contributed by atoms with E-state index in [9.17, 15) is 14.7 Å². The van der Waals surface area contributed by atoms with Crippen molar-refractivity contribution in [2.45, 2.75) is 264 Å². The first-order valence-electron chi connectivity index (χ1n) is 23.2. The van der Waals surface area contributed by atoms with Crippen LogP contribution < -0.4 is 0 Å². The van der Waals surface area contributed by atoms with Crippen LogP contribution in [0.5, 0.6) is 0 Å². The second-order valence-electron chi connectivity index (χ2n) is 15.8. The minimum atomic E-state index is -0.768. The molecule has 0 aromatic heterocycles. The van der Waals surface area contributed by atoms with Gasteiger partial charge in [-0.05, 0) is 38.5 Å². The number of hydrogen-bond acceptors (Lipinski definition) is 5. The van der Waals surface area contributed by atoms with Gasteiger partial charge in [-0.15, -0.1) is 0 Å². The highest BCUT2D eigenvalue weighted by atomic mass is 16.6. The van der Waals surface area contributed by atoms with Crippen LogP contribution in [0.25, 0.3) is 0 Å². The largest absolute Gasteiger partial charge is 0.462 e. The quantitative estimate of drug-likeness (QED) is 0.0383. The maximum absolute atomic E-state index is 12.2. The maximum atomic E-state index is 12.2. The highest BCUT2D eigenvalue weighted by molar-refractivity contribution is 5.70. The lowest BCUT2D eigenvalue weighted by Crippen LogP contribution is -2.28. The van der Waals surface area contributed by atoms with Gasteiger partial charge < -0.3 is 14.6 Å². The van der Waals surface area contributed by atoms with E-state index in [0.717, 1.165) is 32.1 Å². The predicted molar refractivity (Wildman–Crippen MR) is 224 cm³/mol. The fourth-order valence-corrected chi connectivity index (χ4v) is 7.02. The number of aliphatic hydroxyl groups is 1. The lowest BCUT2D eigenvalue weighted by molar-refractivity contribution is -0.161. The third-order valence-corrected chi connectivity index (χ3v) is 10.6. The summed E-state index contributed by atoms with van der Waals surface area (Å²) in [7, 11) is 0. The Labute approximate surface area is 324 Å². The van der Waals surface area contributed by atoms with Crippen LogP contribution in [0.3, 0.4) is 0 Å². The topological polar surface area (TPSA) is 72.8 Å². The zero-order valence-electron chi connectivity index (χ0n) is 35.1. The molecule has 0 aliphatic heterocycles. The third kappa shape index (κ3) is 41.4. The molecule has 0 aromatic rings. The molecule has 0 saturated heterocycles. The molecular formula is C47H90O5. The van der Waals surface area contributed by atoms with E-state index in [1.54, 1.807) is 0 Å². The number of carbonyl (C=O) groups is 2. The molecule has 0 aliphatic rings. The van der Waals surface area contributed by atoms with Gasteiger partial charge in [0.15, 0.2) is 6.10 Å². The van der Waals surface area contributed by atoms with Crippen molar-refractivity contribution in [2.24, 2.45) is 0 Å². The van der Waals surface area contributed by atoms with E-state index in [2.05, 4.69) is 26.0 Å². The van der Waals surface area contributed by atoms with Crippen molar-refractivity contribution in [2.75, 3.05) is 13.2 Å². The minimum Gasteiger partial charge on any atom is -0.462 e. The molecule has 0 heterocycles. The van der Waals surface area contributed by atoms with Crippen LogP contribution in [-0.4, -0.2) is 36.4 Å². The van der Waals surface area contributed by atoms with Gasteiger partial charge in [-0.1, -0.05) is 219 Å². The van der Waals surface area contributed by atoms with Crippen LogP contribution in [-0.2, 0) is 19.1 Å². The molecule has 0 radical (unpaired) electrons. The van der Waals surface area contributed by atoms with Crippen LogP contribution in [0.1, 0.15) is 258 Å². The van der Waals surface area contributed by atoms with Crippen molar-refractivity contribution in [1.29, 1.82) is 0 Å². The van der Waals surface area contributed by atoms with E-state index in [1.165, 1.54) is 199 Å². The molecule has 5 heteroatoms. The molecule has 1 N–H and O–H groups in total. The summed E-state index contributed by atoms with van der Waals surface area (Å²) >= 11 is 0. The first-order chi connectivity index (χ1) is 25.6. The average Bonchev–Trinajstić information content (AvgIpc) is 3.15. The standard InChI is InChI=1S/C47H90O5/c1-3-5-7-9-11-13-15-17-19-21-23-24-26-27-29-31-33-35-37-39-41-46(49)51-44-45(43-48)52-47(50)42-40-38-36-34-32-30-28-25-22-20-18-16-14-12-10-8-6-4-2/h20,22,45,48H,3-19,21,23-44H2,1-2H3/b22-20-. The molecule has 0 bridgehead atoms. The Bertz CT molecular complexity index is 750. The molecule has 0 saturated carbocycles. The smallest absolute Gasteiger partial charge is 0.306 e. The zero-order valence-corrected chi connectivity index (χ0v) is 35.1. The first-order valence-corrected chi connectivity index (χ1v) is 23.2. The summed E-state index contributed by atoms with van der Waals surface area (Å²) in [5, 5.41) is 9.59. The Kier molecular flexibility index (Phi) is 42.9. The van der Waals surface area contributed by atoms with Crippen molar-refractivity contribution < 1.29 is 24.2 Å². The molecule has 0 aromatic carbocycles. The first kappa shape index (κ1) is 50.6. The fourth-order valence-electron chi connectivity index (χ4n) is 7.02. The normalized spacial score (nSPS) is 12.1. The summed E-state index contributed by atoms with van der Waals surface area (Å²) in [6.45, 7) is 4.17. The second kappa shape index (κ2) is 44.0. The van der Waals surface area contributed by atoms with E-state index >= 15 is 0 Å². The van der Waals surface area contributed by atoms with Gasteiger partial charge in [0.1, 0.15) is 6.61 Å². The number of rotatable bonds is 43. The van der Waals surface area contributed by atoms with Gasteiger partial charge in [0.25, 0.3) is 0 Å². The van der Waals surface area contributed by atoms with Crippen LogP contribution >= 0.6 is 0 Å². The van der Waals surface area contributed by atoms with Crippen molar-refractivity contribution in [1.82, 2.24) is 0 Å². The molecule has 0 fully saturated rings. The van der Waals surface area contributed by atoms with E-state index in [4.69, 9.17) is 9.47 Å². The Balaban J connectivity index is 3.47. The zero-order chi connectivity index (χ0) is 37.8. The van der Waals surface area contributed by atoms with E-state index in [1.807, 2.05) is 0 Å². The van der Waals surface area contributed by atoms with Gasteiger partial charge in [-0.25, -0.2) is 0 Å². The number of unbranched alkanes of at least 4 members (excludes halogenated alkanes) is 33. The van der Waals surface area contributed by atoms with E-state index < -0.39 is 6.10 Å². The molecule has 1 atom stereocenters. The fraction of sp³-hybridized carbons (Fsp3) is 0.915. The minimum absolute atomic E-state index is 0.0609. The van der Waals surface area contributed by atoms with Gasteiger partial charge in [0.05, 0.1) is 6.61 Å². The summed E-state index contributed by atoms with van der Waals surface area (Å²) in [5.74, 6) is -0.580. The van der Waals surface area contributed by atoms with E-state index in [-0.39, 0.29) is 25.2 Å². The maximum Gasteiger partial charge on any atom is 0.306 e. The number of ether oxygens (including phenoxy) is 2. The van der Waals surface area contributed by atoms with Gasteiger partial charge in [-0.2, -0.15) is 0 Å². The highest BCUT2D eigenvalue weighted by Crippen LogP contribution is 2.16. The molecule has 308 valence electrons. The van der Waals surface area contributed by atoms with Gasteiger partial charge in [0, 0.05) is 12.8 Å². The SMILES string of the molecule is CCCCCCCCC/C=C\CCCCCCCCCC(=O)OC(CO)COC(=O)CCCCCCCCCCCCCCCCCCCCCC. The second-order valence-corrected chi connectivity index (χ2v) is 15.8. The van der Waals surface area contributed by atoms with Crippen molar-refractivity contribution in [3.63, 3.8) is 0 Å². The lowest BCUT2D eigenvalue weighted by atomic mass is 10.0.